The lowest BCUT2D eigenvalue weighted by molar-refractivity contribution is 0.292. The van der Waals surface area contributed by atoms with E-state index >= 15 is 0 Å². The molecule has 4 aromatic rings. The third-order valence-corrected chi connectivity index (χ3v) is 4.86. The minimum Gasteiger partial charge on any atom is -0.481 e. The Morgan fingerprint density at radius 1 is 0.964 bits per heavy atom. The molecule has 3 aromatic carbocycles. The third kappa shape index (κ3) is 3.49. The fourth-order valence-corrected chi connectivity index (χ4v) is 3.27. The normalized spacial score (nSPS) is 11.0. The summed E-state index contributed by atoms with van der Waals surface area (Å²) in [5.41, 5.74) is 0.805. The Balaban J connectivity index is 1.87. The van der Waals surface area contributed by atoms with Gasteiger partial charge in [-0.05, 0) is 30.3 Å². The van der Waals surface area contributed by atoms with E-state index in [1.165, 1.54) is 18.2 Å². The van der Waals surface area contributed by atoms with Gasteiger partial charge in [-0.3, -0.25) is 4.79 Å². The Morgan fingerprint density at radius 2 is 1.75 bits per heavy atom. The monoisotopic (exact) mass is 414 g/mol. The van der Waals surface area contributed by atoms with Gasteiger partial charge in [0.25, 0.3) is 0 Å². The van der Waals surface area contributed by atoms with Crippen molar-refractivity contribution in [2.24, 2.45) is 0 Å². The molecule has 4 rings (SSSR count). The van der Waals surface area contributed by atoms with Gasteiger partial charge in [0.05, 0.1) is 10.4 Å². The van der Waals surface area contributed by atoms with Crippen molar-refractivity contribution in [3.8, 4) is 17.1 Å². The van der Waals surface area contributed by atoms with Crippen LogP contribution in [0.25, 0.3) is 22.3 Å². The molecule has 0 aliphatic carbocycles. The molecule has 0 aliphatic rings. The summed E-state index contributed by atoms with van der Waals surface area (Å²) in [5.74, 6) is -0.282. The molecule has 3 nitrogen and oxygen atoms in total. The van der Waals surface area contributed by atoms with Crippen LogP contribution in [0, 0.1) is 5.82 Å². The molecule has 0 radical (unpaired) electrons. The molecule has 0 saturated heterocycles. The van der Waals surface area contributed by atoms with Gasteiger partial charge < -0.3 is 9.15 Å². The van der Waals surface area contributed by atoms with Crippen molar-refractivity contribution in [1.29, 1.82) is 0 Å². The Kier molecular flexibility index (Phi) is 5.07. The zero-order valence-corrected chi connectivity index (χ0v) is 15.9. The Bertz CT molecular complexity index is 1200. The first-order valence-corrected chi connectivity index (χ1v) is 9.17. The second-order valence-electron chi connectivity index (χ2n) is 6.08. The maximum atomic E-state index is 14.1. The number of fused-ring (bicyclic) bond motifs is 1. The molecule has 0 saturated carbocycles. The van der Waals surface area contributed by atoms with Crippen LogP contribution in [0.5, 0.6) is 5.75 Å². The molecule has 0 unspecified atom stereocenters. The predicted molar refractivity (Wildman–Crippen MR) is 109 cm³/mol. The average molecular weight is 415 g/mol. The first-order valence-electron chi connectivity index (χ1n) is 8.42. The lowest BCUT2D eigenvalue weighted by atomic mass is 10.1. The van der Waals surface area contributed by atoms with Gasteiger partial charge in [0.1, 0.15) is 18.0 Å². The summed E-state index contributed by atoms with van der Waals surface area (Å²) < 4.78 is 25.8. The molecule has 0 N–H and O–H groups in total. The molecule has 140 valence electrons. The highest BCUT2D eigenvalue weighted by Crippen LogP contribution is 2.32. The van der Waals surface area contributed by atoms with E-state index in [-0.39, 0.29) is 34.1 Å². The van der Waals surface area contributed by atoms with Gasteiger partial charge >= 0.3 is 0 Å². The summed E-state index contributed by atoms with van der Waals surface area (Å²) in [6, 6.07) is 18.2. The molecule has 0 spiro atoms. The van der Waals surface area contributed by atoms with E-state index in [2.05, 4.69) is 0 Å². The van der Waals surface area contributed by atoms with Crippen LogP contribution in [-0.2, 0) is 6.61 Å². The lowest BCUT2D eigenvalue weighted by Gasteiger charge is -2.13. The number of benzene rings is 3. The zero-order valence-electron chi connectivity index (χ0n) is 14.4. The molecular formula is C22H13Cl2FO3. The topological polar surface area (TPSA) is 39.4 Å². The van der Waals surface area contributed by atoms with Crippen LogP contribution in [0.1, 0.15) is 5.56 Å². The molecule has 0 bridgehead atoms. The van der Waals surface area contributed by atoms with Crippen molar-refractivity contribution in [3.63, 3.8) is 0 Å². The largest absolute Gasteiger partial charge is 0.481 e. The molecular weight excluding hydrogens is 402 g/mol. The van der Waals surface area contributed by atoms with Crippen LogP contribution in [-0.4, -0.2) is 0 Å². The fraction of sp³-hybridized carbons (Fsp3) is 0.0455. The number of ether oxygens (including phenoxy) is 1. The van der Waals surface area contributed by atoms with Gasteiger partial charge in [0.2, 0.25) is 11.2 Å². The third-order valence-electron chi connectivity index (χ3n) is 4.27. The van der Waals surface area contributed by atoms with Crippen LogP contribution in [0.2, 0.25) is 10.0 Å². The van der Waals surface area contributed by atoms with Crippen molar-refractivity contribution in [3.05, 3.63) is 98.4 Å². The van der Waals surface area contributed by atoms with Gasteiger partial charge in [-0.25, -0.2) is 4.39 Å². The Hall–Kier alpha value is -2.82. The van der Waals surface area contributed by atoms with Crippen molar-refractivity contribution < 1.29 is 13.5 Å². The molecule has 1 aromatic heterocycles. The zero-order chi connectivity index (χ0) is 19.7. The summed E-state index contributed by atoms with van der Waals surface area (Å²) in [6.45, 7) is -0.220. The minimum absolute atomic E-state index is 0.0275. The van der Waals surface area contributed by atoms with E-state index in [1.807, 2.05) is 18.2 Å². The molecule has 0 aliphatic heterocycles. The molecule has 6 heteroatoms. The van der Waals surface area contributed by atoms with E-state index in [0.717, 1.165) is 0 Å². The van der Waals surface area contributed by atoms with Gasteiger partial charge in [-0.2, -0.15) is 0 Å². The van der Waals surface area contributed by atoms with Crippen LogP contribution in [0.4, 0.5) is 4.39 Å². The maximum Gasteiger partial charge on any atom is 0.235 e. The van der Waals surface area contributed by atoms with Gasteiger partial charge in [-0.1, -0.05) is 59.6 Å². The minimum atomic E-state index is -0.512. The van der Waals surface area contributed by atoms with Crippen molar-refractivity contribution in [1.82, 2.24) is 0 Å². The molecule has 28 heavy (non-hydrogen) atoms. The fourth-order valence-electron chi connectivity index (χ4n) is 2.88. The van der Waals surface area contributed by atoms with Gasteiger partial charge in [0, 0.05) is 16.1 Å². The number of halogens is 3. The number of hydrogen-bond donors (Lipinski definition) is 0. The highest BCUT2D eigenvalue weighted by molar-refractivity contribution is 6.31. The van der Waals surface area contributed by atoms with E-state index in [4.69, 9.17) is 32.4 Å². The maximum absolute atomic E-state index is 14.1. The summed E-state index contributed by atoms with van der Waals surface area (Å²) in [6.07, 6.45) is 0. The van der Waals surface area contributed by atoms with E-state index in [9.17, 15) is 9.18 Å². The summed E-state index contributed by atoms with van der Waals surface area (Å²) >= 11 is 12.1. The summed E-state index contributed by atoms with van der Waals surface area (Å²) in [7, 11) is 0. The van der Waals surface area contributed by atoms with Gasteiger partial charge in [-0.15, -0.1) is 0 Å². The second-order valence-corrected chi connectivity index (χ2v) is 6.93. The number of rotatable bonds is 4. The van der Waals surface area contributed by atoms with Crippen LogP contribution >= 0.6 is 23.2 Å². The van der Waals surface area contributed by atoms with Crippen LogP contribution in [0.15, 0.2) is 75.9 Å². The quantitative estimate of drug-likeness (QED) is 0.383. The lowest BCUT2D eigenvalue weighted by Crippen LogP contribution is -2.11. The standard InChI is InChI=1S/C22H13Cl2FO3/c23-14-9-10-19-15(11-14)20(26)22(21(28-19)13-5-2-1-3-6-13)27-12-16-17(24)7-4-8-18(16)25/h1-11H,12H2. The Labute approximate surface area is 169 Å². The second kappa shape index (κ2) is 7.66. The van der Waals surface area contributed by atoms with E-state index in [0.29, 0.717) is 16.2 Å². The first-order chi connectivity index (χ1) is 13.5. The van der Waals surface area contributed by atoms with Crippen LogP contribution < -0.4 is 10.2 Å². The van der Waals surface area contributed by atoms with Crippen LogP contribution in [0.3, 0.4) is 0 Å². The van der Waals surface area contributed by atoms with E-state index in [1.54, 1.807) is 30.3 Å². The molecule has 0 atom stereocenters. The SMILES string of the molecule is O=c1c(OCc2c(F)cccc2Cl)c(-c2ccccc2)oc2ccc(Cl)cc12. The van der Waals surface area contributed by atoms with E-state index < -0.39 is 11.2 Å². The highest BCUT2D eigenvalue weighted by atomic mass is 35.5. The highest BCUT2D eigenvalue weighted by Gasteiger charge is 2.19. The molecule has 0 amide bonds. The molecule has 1 heterocycles. The van der Waals surface area contributed by atoms with Gasteiger partial charge in [0.15, 0.2) is 5.76 Å². The van der Waals surface area contributed by atoms with Crippen molar-refractivity contribution in [2.75, 3.05) is 0 Å². The molecule has 0 fully saturated rings. The summed E-state index contributed by atoms with van der Waals surface area (Å²) in [5, 5.41) is 0.895. The first kappa shape index (κ1) is 18.5. The van der Waals surface area contributed by atoms with Crippen molar-refractivity contribution >= 4 is 34.2 Å². The Morgan fingerprint density at radius 3 is 2.50 bits per heavy atom. The van der Waals surface area contributed by atoms with Crippen molar-refractivity contribution in [2.45, 2.75) is 6.61 Å². The number of hydrogen-bond acceptors (Lipinski definition) is 3. The average Bonchev–Trinajstić information content (AvgIpc) is 2.70. The predicted octanol–water partition coefficient (Wildman–Crippen LogP) is 6.48. The smallest absolute Gasteiger partial charge is 0.235 e. The summed E-state index contributed by atoms with van der Waals surface area (Å²) in [4.78, 5) is 13.1.